The average Bonchev–Trinajstić information content (AvgIpc) is 3.41. The van der Waals surface area contributed by atoms with Crippen molar-refractivity contribution in [2.24, 2.45) is 4.99 Å². The van der Waals surface area contributed by atoms with E-state index in [-0.39, 0.29) is 5.91 Å². The van der Waals surface area contributed by atoms with E-state index in [1.165, 1.54) is 25.1 Å². The number of thioether (sulfide) groups is 1. The van der Waals surface area contributed by atoms with E-state index in [1.54, 1.807) is 24.2 Å². The van der Waals surface area contributed by atoms with E-state index in [4.69, 9.17) is 13.9 Å². The number of anilines is 1. The van der Waals surface area contributed by atoms with Gasteiger partial charge in [-0.15, -0.1) is 0 Å². The van der Waals surface area contributed by atoms with Gasteiger partial charge >= 0.3 is 5.97 Å². The molecule has 1 aliphatic rings. The number of rotatable bonds is 6. The summed E-state index contributed by atoms with van der Waals surface area (Å²) < 4.78 is 15.5. The highest BCUT2D eigenvalue weighted by atomic mass is 32.2. The highest BCUT2D eigenvalue weighted by Gasteiger charge is 2.33. The smallest absolute Gasteiger partial charge is 0.341 e. The lowest BCUT2D eigenvalue weighted by molar-refractivity contribution is -0.113. The maximum atomic E-state index is 13.5. The third kappa shape index (κ3) is 4.92. The van der Waals surface area contributed by atoms with E-state index < -0.39 is 5.97 Å². The van der Waals surface area contributed by atoms with Crippen LogP contribution < -0.4 is 9.64 Å². The molecule has 0 N–H and O–H groups in total. The van der Waals surface area contributed by atoms with Gasteiger partial charge in [-0.25, -0.2) is 9.79 Å². The van der Waals surface area contributed by atoms with Crippen LogP contribution in [-0.2, 0) is 15.3 Å². The Hall–Kier alpha value is -3.78. The molecule has 0 radical (unpaired) electrons. The predicted octanol–water partition coefficient (Wildman–Crippen LogP) is 5.37. The van der Waals surface area contributed by atoms with Gasteiger partial charge in [-0.2, -0.15) is 0 Å². The standard InChI is InChI=1S/C26H24N2O5S/c1-16-11-17(2)13-19(12-16)28-24(29)22(14-18-5-7-20(31-3)8-6-18)27-26(28)34-15-23-21(9-10-33-23)25(30)32-4/h5-14H,15H2,1-4H3/b22-14-. The number of carbonyl (C=O) groups is 2. The highest BCUT2D eigenvalue weighted by Crippen LogP contribution is 2.32. The van der Waals surface area contributed by atoms with E-state index in [2.05, 4.69) is 4.99 Å². The molecule has 0 aliphatic carbocycles. The quantitative estimate of drug-likeness (QED) is 0.352. The average molecular weight is 477 g/mol. The molecule has 1 aromatic heterocycles. The van der Waals surface area contributed by atoms with Gasteiger partial charge in [0.1, 0.15) is 22.8 Å². The summed E-state index contributed by atoms with van der Waals surface area (Å²) in [6, 6.07) is 14.9. The van der Waals surface area contributed by atoms with Gasteiger partial charge in [-0.3, -0.25) is 9.69 Å². The van der Waals surface area contributed by atoms with Crippen molar-refractivity contribution < 1.29 is 23.5 Å². The molecule has 0 fully saturated rings. The maximum Gasteiger partial charge on any atom is 0.341 e. The van der Waals surface area contributed by atoms with Crippen LogP contribution >= 0.6 is 11.8 Å². The zero-order valence-corrected chi connectivity index (χ0v) is 20.1. The lowest BCUT2D eigenvalue weighted by Gasteiger charge is -2.19. The van der Waals surface area contributed by atoms with Crippen molar-refractivity contribution in [1.82, 2.24) is 0 Å². The fraction of sp³-hybridized carbons (Fsp3) is 0.192. The lowest BCUT2D eigenvalue weighted by atomic mass is 10.1. The minimum Gasteiger partial charge on any atom is -0.497 e. The van der Waals surface area contributed by atoms with E-state index in [0.29, 0.717) is 27.9 Å². The van der Waals surface area contributed by atoms with Crippen LogP contribution in [0.4, 0.5) is 5.69 Å². The molecule has 0 bridgehead atoms. The first-order valence-corrected chi connectivity index (χ1v) is 11.5. The number of methoxy groups -OCH3 is 2. The maximum absolute atomic E-state index is 13.5. The van der Waals surface area contributed by atoms with Crippen LogP contribution in [0.3, 0.4) is 0 Å². The molecular formula is C26H24N2O5S. The van der Waals surface area contributed by atoms with Crippen LogP contribution in [0.1, 0.15) is 32.8 Å². The van der Waals surface area contributed by atoms with Crippen molar-refractivity contribution in [2.45, 2.75) is 19.6 Å². The second-order valence-corrected chi connectivity index (χ2v) is 8.66. The molecule has 3 aromatic rings. The van der Waals surface area contributed by atoms with Gasteiger partial charge < -0.3 is 13.9 Å². The second kappa shape index (κ2) is 10.0. The molecule has 2 aromatic carbocycles. The Kier molecular flexibility index (Phi) is 6.88. The number of ether oxygens (including phenoxy) is 2. The second-order valence-electron chi connectivity index (χ2n) is 7.72. The minimum absolute atomic E-state index is 0.226. The van der Waals surface area contributed by atoms with Crippen LogP contribution in [0.25, 0.3) is 6.08 Å². The van der Waals surface area contributed by atoms with Gasteiger partial charge in [-0.1, -0.05) is 30.0 Å². The number of hydrogen-bond donors (Lipinski definition) is 0. The van der Waals surface area contributed by atoms with E-state index >= 15 is 0 Å². The largest absolute Gasteiger partial charge is 0.497 e. The number of benzene rings is 2. The zero-order chi connectivity index (χ0) is 24.2. The molecule has 7 nitrogen and oxygen atoms in total. The van der Waals surface area contributed by atoms with Crippen LogP contribution in [0.2, 0.25) is 0 Å². The first kappa shape index (κ1) is 23.4. The third-order valence-corrected chi connectivity index (χ3v) is 6.14. The molecular weight excluding hydrogens is 452 g/mol. The summed E-state index contributed by atoms with van der Waals surface area (Å²) in [4.78, 5) is 31.7. The van der Waals surface area contributed by atoms with Gasteiger partial charge in [0.05, 0.1) is 31.9 Å². The number of amidine groups is 1. The summed E-state index contributed by atoms with van der Waals surface area (Å²) in [5.41, 5.74) is 4.32. The molecule has 1 amide bonds. The van der Waals surface area contributed by atoms with E-state index in [9.17, 15) is 9.59 Å². The SMILES string of the molecule is COC(=O)c1ccoc1CSC1=N/C(=C\c2ccc(OC)cc2)C(=O)N1c1cc(C)cc(C)c1. The molecule has 0 saturated heterocycles. The molecule has 0 unspecified atom stereocenters. The van der Waals surface area contributed by atoms with Crippen molar-refractivity contribution in [3.05, 3.63) is 88.5 Å². The molecule has 2 heterocycles. The number of nitrogens with zero attached hydrogens (tertiary/aromatic N) is 2. The molecule has 34 heavy (non-hydrogen) atoms. The fourth-order valence-electron chi connectivity index (χ4n) is 3.63. The molecule has 1 aliphatic heterocycles. The van der Waals surface area contributed by atoms with Crippen molar-refractivity contribution in [3.8, 4) is 5.75 Å². The summed E-state index contributed by atoms with van der Waals surface area (Å²) in [6.07, 6.45) is 3.19. The normalized spacial score (nSPS) is 14.5. The first-order chi connectivity index (χ1) is 16.4. The Bertz CT molecular complexity index is 1270. The highest BCUT2D eigenvalue weighted by molar-refractivity contribution is 8.13. The first-order valence-electron chi connectivity index (χ1n) is 10.5. The monoisotopic (exact) mass is 476 g/mol. The van der Waals surface area contributed by atoms with Crippen molar-refractivity contribution >= 4 is 40.6 Å². The Balaban J connectivity index is 1.68. The number of hydrogen-bond acceptors (Lipinski definition) is 7. The van der Waals surface area contributed by atoms with Crippen LogP contribution in [0.5, 0.6) is 5.75 Å². The van der Waals surface area contributed by atoms with Crippen LogP contribution in [0.15, 0.2) is 69.9 Å². The molecule has 4 rings (SSSR count). The van der Waals surface area contributed by atoms with Gasteiger partial charge in [-0.05, 0) is 66.9 Å². The molecule has 0 saturated carbocycles. The number of esters is 1. The van der Waals surface area contributed by atoms with Crippen molar-refractivity contribution in [1.29, 1.82) is 0 Å². The van der Waals surface area contributed by atoms with Crippen molar-refractivity contribution in [3.63, 3.8) is 0 Å². The zero-order valence-electron chi connectivity index (χ0n) is 19.3. The molecule has 0 atom stereocenters. The minimum atomic E-state index is -0.472. The van der Waals surface area contributed by atoms with Gasteiger partial charge in [0.2, 0.25) is 0 Å². The van der Waals surface area contributed by atoms with E-state index in [0.717, 1.165) is 28.1 Å². The predicted molar refractivity (Wildman–Crippen MR) is 133 cm³/mol. The van der Waals surface area contributed by atoms with Gasteiger partial charge in [0.15, 0.2) is 5.17 Å². The molecule has 0 spiro atoms. The summed E-state index contributed by atoms with van der Waals surface area (Å²) in [5, 5.41) is 0.502. The topological polar surface area (TPSA) is 81.3 Å². The van der Waals surface area contributed by atoms with E-state index in [1.807, 2.05) is 56.3 Å². The Labute approximate surface area is 202 Å². The summed E-state index contributed by atoms with van der Waals surface area (Å²) >= 11 is 1.32. The Morgan fingerprint density at radius 1 is 1.09 bits per heavy atom. The number of amides is 1. The summed E-state index contributed by atoms with van der Waals surface area (Å²) in [7, 11) is 2.93. The molecule has 8 heteroatoms. The van der Waals surface area contributed by atoms with Crippen molar-refractivity contribution in [2.75, 3.05) is 19.1 Å². The number of furan rings is 1. The van der Waals surface area contributed by atoms with Crippen LogP contribution in [-0.4, -0.2) is 31.3 Å². The Morgan fingerprint density at radius 3 is 2.44 bits per heavy atom. The number of aryl methyl sites for hydroxylation is 2. The fourth-order valence-corrected chi connectivity index (χ4v) is 4.60. The number of aliphatic imine (C=N–C) groups is 1. The summed E-state index contributed by atoms with van der Waals surface area (Å²) in [5.74, 6) is 0.799. The number of carbonyl (C=O) groups excluding carboxylic acids is 2. The lowest BCUT2D eigenvalue weighted by Crippen LogP contribution is -2.30. The Morgan fingerprint density at radius 2 is 1.79 bits per heavy atom. The third-order valence-electron chi connectivity index (χ3n) is 5.20. The van der Waals surface area contributed by atoms with Crippen LogP contribution in [0, 0.1) is 13.8 Å². The van der Waals surface area contributed by atoms with Gasteiger partial charge in [0.25, 0.3) is 5.91 Å². The summed E-state index contributed by atoms with van der Waals surface area (Å²) in [6.45, 7) is 3.97. The van der Waals surface area contributed by atoms with Gasteiger partial charge in [0, 0.05) is 0 Å². The molecule has 174 valence electrons.